The summed E-state index contributed by atoms with van der Waals surface area (Å²) in [5, 5.41) is 39.4. The summed E-state index contributed by atoms with van der Waals surface area (Å²) in [4.78, 5) is 40.6. The summed E-state index contributed by atoms with van der Waals surface area (Å²) in [6, 6.07) is -1.07. The van der Waals surface area contributed by atoms with Crippen LogP contribution in [0.5, 0.6) is 0 Å². The fourth-order valence-corrected chi connectivity index (χ4v) is 7.50. The van der Waals surface area contributed by atoms with Gasteiger partial charge in [0.25, 0.3) is 0 Å². The number of hydrogen-bond donors (Lipinski definition) is 3. The van der Waals surface area contributed by atoms with Crippen LogP contribution in [0.3, 0.4) is 0 Å². The van der Waals surface area contributed by atoms with Crippen molar-refractivity contribution in [1.29, 1.82) is 0 Å². The van der Waals surface area contributed by atoms with Crippen LogP contribution in [-0.4, -0.2) is 76.3 Å². The zero-order valence-corrected chi connectivity index (χ0v) is 29.2. The zero-order chi connectivity index (χ0) is 33.7. The Balaban J connectivity index is 0.00000451. The van der Waals surface area contributed by atoms with Crippen LogP contribution < -0.4 is 46.8 Å². The van der Waals surface area contributed by atoms with Crippen LogP contribution in [-0.2, 0) is 25.5 Å². The molecule has 1 aliphatic carbocycles. The molecule has 6 rings (SSSR count). The third kappa shape index (κ3) is 5.64. The maximum Gasteiger partial charge on any atom is 2.00 e. The molecule has 0 spiro atoms. The summed E-state index contributed by atoms with van der Waals surface area (Å²) in [5.41, 5.74) is 5.60. The first kappa shape index (κ1) is 35.3. The van der Waals surface area contributed by atoms with Crippen LogP contribution >= 0.6 is 0 Å². The molecule has 11 nitrogen and oxygen atoms in total. The van der Waals surface area contributed by atoms with Crippen molar-refractivity contribution in [2.75, 3.05) is 13.9 Å². The normalized spacial score (nSPS) is 24.9. The molecule has 248 valence electrons. The number of carbonyl (C=O) groups is 2. The van der Waals surface area contributed by atoms with Crippen LogP contribution in [0.15, 0.2) is 6.58 Å². The Labute approximate surface area is 293 Å². The number of aliphatic hydroxyl groups excluding tert-OH is 3. The number of aromatic nitrogens is 3. The second kappa shape index (κ2) is 13.9. The number of aliphatic hydroxyl groups is 3. The summed E-state index contributed by atoms with van der Waals surface area (Å²) in [6.45, 7) is 11.2. The van der Waals surface area contributed by atoms with Gasteiger partial charge in [0.2, 0.25) is 0 Å². The molecule has 5 atom stereocenters. The van der Waals surface area contributed by atoms with E-state index in [2.05, 4.69) is 6.58 Å². The molecule has 3 N–H and O–H groups in total. The predicted octanol–water partition coefficient (Wildman–Crippen LogP) is -0.983. The second-order valence-electron chi connectivity index (χ2n) is 12.3. The zero-order valence-electron chi connectivity index (χ0n) is 27.8. The monoisotopic (exact) mass is 662 g/mol. The molecule has 0 radical (unpaired) electrons. The Morgan fingerprint density at radius 1 is 1.06 bits per heavy atom. The topological polar surface area (TPSA) is 170 Å². The van der Waals surface area contributed by atoms with Crippen molar-refractivity contribution in [2.45, 2.75) is 59.0 Å². The Bertz CT molecular complexity index is 2170. The number of carbonyl (C=O) groups excluding carboxylic acids is 2. The Kier molecular flexibility index (Phi) is 10.2. The van der Waals surface area contributed by atoms with Crippen molar-refractivity contribution >= 4 is 76.9 Å². The molecule has 2 unspecified atom stereocenters. The summed E-state index contributed by atoms with van der Waals surface area (Å²) in [7, 11) is 1.34. The van der Waals surface area contributed by atoms with Crippen molar-refractivity contribution in [3.05, 3.63) is 77.4 Å². The molecule has 12 heteroatoms. The van der Waals surface area contributed by atoms with Gasteiger partial charge < -0.3 is 45.1 Å². The van der Waals surface area contributed by atoms with Crippen molar-refractivity contribution in [2.24, 2.45) is 17.8 Å². The third-order valence-corrected chi connectivity index (χ3v) is 10.0. The summed E-state index contributed by atoms with van der Waals surface area (Å²) < 4.78 is 9.97. The van der Waals surface area contributed by atoms with Crippen molar-refractivity contribution in [3.63, 3.8) is 0 Å². The van der Waals surface area contributed by atoms with Gasteiger partial charge in [-0.15, -0.1) is 50.9 Å². The van der Waals surface area contributed by atoms with E-state index in [1.807, 2.05) is 39.8 Å². The first-order chi connectivity index (χ1) is 22.6. The minimum absolute atomic E-state index is 0. The van der Waals surface area contributed by atoms with Gasteiger partial charge in [-0.2, -0.15) is 0 Å². The number of methoxy groups -OCH3 is 1. The van der Waals surface area contributed by atoms with E-state index in [1.54, 1.807) is 12.2 Å². The van der Waals surface area contributed by atoms with Gasteiger partial charge >= 0.3 is 35.0 Å². The minimum Gasteiger partial charge on any atom is -0.657 e. The van der Waals surface area contributed by atoms with Crippen LogP contribution in [0.4, 0.5) is 0 Å². The number of esters is 2. The molecule has 0 amide bonds. The van der Waals surface area contributed by atoms with Gasteiger partial charge in [-0.1, -0.05) is 72.8 Å². The van der Waals surface area contributed by atoms with E-state index >= 15 is 0 Å². The molecule has 5 heterocycles. The maximum atomic E-state index is 13.4. The van der Waals surface area contributed by atoms with Gasteiger partial charge in [0, 0.05) is 16.9 Å². The molecule has 1 saturated heterocycles. The van der Waals surface area contributed by atoms with E-state index in [1.165, 1.54) is 7.11 Å². The van der Waals surface area contributed by atoms with Crippen molar-refractivity contribution < 1.29 is 34.4 Å². The molecule has 8 bridgehead atoms. The molecule has 3 aromatic rings. The van der Waals surface area contributed by atoms with E-state index < -0.39 is 24.7 Å². The molecule has 3 aromatic heterocycles. The van der Waals surface area contributed by atoms with E-state index in [0.29, 0.717) is 34.8 Å². The van der Waals surface area contributed by atoms with Crippen molar-refractivity contribution in [1.82, 2.24) is 15.0 Å². The van der Waals surface area contributed by atoms with Crippen LogP contribution in [0.1, 0.15) is 60.3 Å². The smallest absolute Gasteiger partial charge is 0.657 e. The van der Waals surface area contributed by atoms with Gasteiger partial charge in [0.05, 0.1) is 13.4 Å². The molecule has 2 aliphatic heterocycles. The average molecular weight is 663 g/mol. The number of rotatable bonds is 7. The molecule has 0 saturated carbocycles. The van der Waals surface area contributed by atoms with Crippen LogP contribution in [0.2, 0.25) is 0 Å². The summed E-state index contributed by atoms with van der Waals surface area (Å²) in [5.74, 6) is -3.33. The second-order valence-corrected chi connectivity index (χ2v) is 12.3. The van der Waals surface area contributed by atoms with Crippen molar-refractivity contribution in [3.8, 4) is 0 Å². The largest absolute Gasteiger partial charge is 2.00 e. The first-order valence-corrected chi connectivity index (χ1v) is 15.7. The van der Waals surface area contributed by atoms with Crippen LogP contribution in [0.25, 0.3) is 47.2 Å². The number of fused-ring (bicyclic) bond motifs is 8. The summed E-state index contributed by atoms with van der Waals surface area (Å²) in [6.07, 6.45) is 9.56. The molecular formula is C36H38MgN4O7-2. The third-order valence-electron chi connectivity index (χ3n) is 10.0. The number of nitrogens with zero attached hydrogens (tertiary/aromatic N) is 4. The van der Waals surface area contributed by atoms with E-state index in [9.17, 15) is 24.9 Å². The number of hydrogen-bond acceptors (Lipinski definition) is 7. The maximum absolute atomic E-state index is 13.4. The Hall–Kier alpha value is -3.97. The Morgan fingerprint density at radius 2 is 1.79 bits per heavy atom. The summed E-state index contributed by atoms with van der Waals surface area (Å²) >= 11 is 0. The van der Waals surface area contributed by atoms with E-state index in [-0.39, 0.29) is 69.5 Å². The fraction of sp³-hybridized carbons (Fsp3) is 0.389. The molecule has 48 heavy (non-hydrogen) atoms. The average Bonchev–Trinajstić information content (AvgIpc) is 3.80. The predicted molar refractivity (Wildman–Crippen MR) is 181 cm³/mol. The van der Waals surface area contributed by atoms with Gasteiger partial charge in [-0.3, -0.25) is 9.59 Å². The van der Waals surface area contributed by atoms with Crippen LogP contribution in [0, 0.1) is 31.6 Å². The van der Waals surface area contributed by atoms with E-state index in [4.69, 9.17) is 29.7 Å². The number of ether oxygens (including phenoxy) is 2. The quantitative estimate of drug-likeness (QED) is 0.162. The molecular weight excluding hydrogens is 625 g/mol. The van der Waals surface area contributed by atoms with Gasteiger partial charge in [-0.05, 0) is 32.3 Å². The van der Waals surface area contributed by atoms with Gasteiger partial charge in [0.1, 0.15) is 11.7 Å². The van der Waals surface area contributed by atoms with Gasteiger partial charge in [0.15, 0.2) is 6.79 Å². The van der Waals surface area contributed by atoms with E-state index in [0.717, 1.165) is 44.9 Å². The first-order valence-electron chi connectivity index (χ1n) is 15.7. The SMILES string of the molecule is C=Cc1c(C)/c2[n-]/c1=C\c1[n-]c(c(CC)c1C)/C=c1\[n-]c3c(\c1=C/O)=C(O)[C@H](C(=O)OCO)C=3C1[N-]C(\C=2)[C@@H](C)[C@@H]1CCC(=O)OC.[Mg+2]. The molecule has 1 fully saturated rings. The fourth-order valence-electron chi connectivity index (χ4n) is 7.50. The standard InChI is InChI=1S/C36H38N4O7.Mg/c1-7-19-16(3)23-11-25-18(5)21(9-10-29(43)46-6)33(39-25)31-32(36(45)47-15-42)35(44)30-22(14-41)28(40-34(30)31)13-27-20(8-2)17(4)24(38-27)12-26(19)37-23;/h7,11-14,18,21,25,32-33,41-42,44H,1,8-10,15H2,2-6H3;/q-4;+2/b22-14-,23-11-,26-12-,28-13-;/t18-,21-,25?,32+,33?;/m0./s1. The Morgan fingerprint density at radius 3 is 2.44 bits per heavy atom. The minimum atomic E-state index is -1.32. The molecule has 3 aliphatic rings. The van der Waals surface area contributed by atoms with Gasteiger partial charge in [-0.25, -0.2) is 0 Å². The molecule has 0 aromatic carbocycles.